The second-order valence-corrected chi connectivity index (χ2v) is 2.62. The molecule has 0 saturated heterocycles. The maximum atomic E-state index is 11.8. The molecule has 0 unspecified atom stereocenters. The largest absolute Gasteiger partial charge is 0.574 e. The molecule has 0 fully saturated rings. The van der Waals surface area contributed by atoms with Crippen LogP contribution in [0.2, 0.25) is 0 Å². The Bertz CT molecular complexity index is 325. The minimum atomic E-state index is -4.79. The topological polar surface area (TPSA) is 42.4 Å². The number of halogens is 3. The summed E-state index contributed by atoms with van der Waals surface area (Å²) in [6.07, 6.45) is -3.60. The van der Waals surface area contributed by atoms with E-state index in [-0.39, 0.29) is 5.56 Å². The van der Waals surface area contributed by atoms with E-state index in [0.717, 1.165) is 0 Å². The van der Waals surface area contributed by atoms with Gasteiger partial charge in [0.1, 0.15) is 0 Å². The summed E-state index contributed by atoms with van der Waals surface area (Å²) < 4.78 is 39.2. The monoisotopic (exact) mass is 207 g/mol. The maximum Gasteiger partial charge on any atom is 0.574 e. The lowest BCUT2D eigenvalue weighted by molar-refractivity contribution is -0.276. The van der Waals surface area contributed by atoms with Crippen molar-refractivity contribution in [1.82, 2.24) is 4.98 Å². The molecule has 0 aliphatic heterocycles. The van der Waals surface area contributed by atoms with Gasteiger partial charge in [-0.05, 0) is 18.6 Å². The van der Waals surface area contributed by atoms with Gasteiger partial charge in [0, 0.05) is 11.8 Å². The SMILES string of the molecule is Cc1ccnc(OC(F)(F)F)c1CO. The van der Waals surface area contributed by atoms with E-state index in [1.165, 1.54) is 12.3 Å². The van der Waals surface area contributed by atoms with Crippen LogP contribution in [0.4, 0.5) is 13.2 Å². The summed E-state index contributed by atoms with van der Waals surface area (Å²) in [6.45, 7) is 1.03. The number of nitrogens with zero attached hydrogens (tertiary/aromatic N) is 1. The average molecular weight is 207 g/mol. The lowest BCUT2D eigenvalue weighted by Gasteiger charge is -2.11. The number of aromatic nitrogens is 1. The van der Waals surface area contributed by atoms with Crippen molar-refractivity contribution in [2.45, 2.75) is 19.9 Å². The molecule has 6 heteroatoms. The van der Waals surface area contributed by atoms with Crippen LogP contribution >= 0.6 is 0 Å². The summed E-state index contributed by atoms with van der Waals surface area (Å²) in [5.74, 6) is -0.597. The Hall–Kier alpha value is -1.30. The average Bonchev–Trinajstić information content (AvgIpc) is 2.01. The maximum absolute atomic E-state index is 11.8. The molecule has 1 rings (SSSR count). The van der Waals surface area contributed by atoms with Crippen LogP contribution in [0.25, 0.3) is 0 Å². The van der Waals surface area contributed by atoms with Crippen molar-refractivity contribution in [2.24, 2.45) is 0 Å². The Morgan fingerprint density at radius 3 is 2.64 bits per heavy atom. The Morgan fingerprint density at radius 1 is 1.50 bits per heavy atom. The number of rotatable bonds is 2. The predicted octanol–water partition coefficient (Wildman–Crippen LogP) is 1.78. The normalized spacial score (nSPS) is 11.5. The summed E-state index contributed by atoms with van der Waals surface area (Å²) in [7, 11) is 0. The fraction of sp³-hybridized carbons (Fsp3) is 0.375. The highest BCUT2D eigenvalue weighted by Crippen LogP contribution is 2.25. The molecule has 78 valence electrons. The molecule has 14 heavy (non-hydrogen) atoms. The molecule has 1 aromatic heterocycles. The van der Waals surface area contributed by atoms with Crippen molar-refractivity contribution in [1.29, 1.82) is 0 Å². The van der Waals surface area contributed by atoms with Crippen LogP contribution in [-0.2, 0) is 6.61 Å². The third kappa shape index (κ3) is 2.59. The molecule has 0 spiro atoms. The highest BCUT2D eigenvalue weighted by molar-refractivity contribution is 5.32. The van der Waals surface area contributed by atoms with Gasteiger partial charge in [-0.1, -0.05) is 0 Å². The van der Waals surface area contributed by atoms with E-state index in [4.69, 9.17) is 5.11 Å². The summed E-state index contributed by atoms with van der Waals surface area (Å²) in [4.78, 5) is 3.39. The second-order valence-electron chi connectivity index (χ2n) is 2.62. The van der Waals surface area contributed by atoms with Crippen LogP contribution in [0.1, 0.15) is 11.1 Å². The number of hydrogen-bond acceptors (Lipinski definition) is 3. The van der Waals surface area contributed by atoms with Crippen molar-refractivity contribution in [2.75, 3.05) is 0 Å². The molecule has 0 aromatic carbocycles. The molecule has 0 atom stereocenters. The molecular weight excluding hydrogens is 199 g/mol. The Morgan fingerprint density at radius 2 is 2.14 bits per heavy atom. The van der Waals surface area contributed by atoms with Crippen LogP contribution in [0.3, 0.4) is 0 Å². The quantitative estimate of drug-likeness (QED) is 0.803. The van der Waals surface area contributed by atoms with E-state index >= 15 is 0 Å². The summed E-state index contributed by atoms with van der Waals surface area (Å²) in [6, 6.07) is 1.49. The predicted molar refractivity (Wildman–Crippen MR) is 41.6 cm³/mol. The van der Waals surface area contributed by atoms with E-state index in [9.17, 15) is 13.2 Å². The summed E-state index contributed by atoms with van der Waals surface area (Å²) in [5, 5.41) is 8.81. The van der Waals surface area contributed by atoms with E-state index in [0.29, 0.717) is 5.56 Å². The number of aliphatic hydroxyl groups excluding tert-OH is 1. The Kier molecular flexibility index (Phi) is 2.95. The van der Waals surface area contributed by atoms with Gasteiger partial charge in [-0.2, -0.15) is 0 Å². The number of ether oxygens (including phenoxy) is 1. The molecule has 1 N–H and O–H groups in total. The molecular formula is C8H8F3NO2. The molecule has 3 nitrogen and oxygen atoms in total. The molecule has 1 heterocycles. The van der Waals surface area contributed by atoms with Gasteiger partial charge in [-0.15, -0.1) is 13.2 Å². The van der Waals surface area contributed by atoms with Gasteiger partial charge in [0.25, 0.3) is 0 Å². The first-order valence-electron chi connectivity index (χ1n) is 3.75. The number of alkyl halides is 3. The van der Waals surface area contributed by atoms with Crippen LogP contribution in [0.5, 0.6) is 5.88 Å². The fourth-order valence-corrected chi connectivity index (χ4v) is 0.954. The minimum Gasteiger partial charge on any atom is -0.391 e. The highest BCUT2D eigenvalue weighted by Gasteiger charge is 2.32. The standard InChI is InChI=1S/C8H8F3NO2/c1-5-2-3-12-7(6(5)4-13)14-8(9,10)11/h2-3,13H,4H2,1H3. The summed E-state index contributed by atoms with van der Waals surface area (Å²) in [5.41, 5.74) is 0.548. The first kappa shape index (κ1) is 10.8. The number of aryl methyl sites for hydroxylation is 1. The Labute approximate surface area is 78.2 Å². The van der Waals surface area contributed by atoms with E-state index in [1.807, 2.05) is 0 Å². The van der Waals surface area contributed by atoms with Gasteiger partial charge in [0.2, 0.25) is 5.88 Å². The van der Waals surface area contributed by atoms with E-state index < -0.39 is 18.8 Å². The zero-order valence-corrected chi connectivity index (χ0v) is 7.30. The fourth-order valence-electron chi connectivity index (χ4n) is 0.954. The molecule has 0 aliphatic carbocycles. The molecule has 1 aromatic rings. The molecule has 0 aliphatic rings. The van der Waals surface area contributed by atoms with Gasteiger partial charge >= 0.3 is 6.36 Å². The van der Waals surface area contributed by atoms with Crippen LogP contribution in [0.15, 0.2) is 12.3 Å². The van der Waals surface area contributed by atoms with Gasteiger partial charge in [0.15, 0.2) is 0 Å². The second kappa shape index (κ2) is 3.83. The molecule has 0 radical (unpaired) electrons. The van der Waals surface area contributed by atoms with Crippen molar-refractivity contribution in [3.05, 3.63) is 23.4 Å². The van der Waals surface area contributed by atoms with Gasteiger partial charge in [-0.25, -0.2) is 4.98 Å². The molecule has 0 amide bonds. The lowest BCUT2D eigenvalue weighted by atomic mass is 10.2. The van der Waals surface area contributed by atoms with Crippen molar-refractivity contribution < 1.29 is 23.0 Å². The highest BCUT2D eigenvalue weighted by atomic mass is 19.4. The third-order valence-electron chi connectivity index (χ3n) is 1.62. The Balaban J connectivity index is 3.02. The smallest absolute Gasteiger partial charge is 0.391 e. The molecule has 0 bridgehead atoms. The number of hydrogen-bond donors (Lipinski definition) is 1. The summed E-state index contributed by atoms with van der Waals surface area (Å²) >= 11 is 0. The zero-order valence-electron chi connectivity index (χ0n) is 7.30. The van der Waals surface area contributed by atoms with Crippen molar-refractivity contribution in [3.8, 4) is 5.88 Å². The van der Waals surface area contributed by atoms with Gasteiger partial charge in [0.05, 0.1) is 6.61 Å². The minimum absolute atomic E-state index is 0.0461. The van der Waals surface area contributed by atoms with Gasteiger partial charge in [-0.3, -0.25) is 0 Å². The van der Waals surface area contributed by atoms with Crippen LogP contribution in [-0.4, -0.2) is 16.5 Å². The number of aliphatic hydroxyl groups is 1. The third-order valence-corrected chi connectivity index (χ3v) is 1.62. The van der Waals surface area contributed by atoms with Crippen molar-refractivity contribution >= 4 is 0 Å². The van der Waals surface area contributed by atoms with Crippen LogP contribution < -0.4 is 4.74 Å². The van der Waals surface area contributed by atoms with Crippen molar-refractivity contribution in [3.63, 3.8) is 0 Å². The molecule has 0 saturated carbocycles. The first-order valence-corrected chi connectivity index (χ1v) is 3.75. The van der Waals surface area contributed by atoms with E-state index in [2.05, 4.69) is 9.72 Å². The number of pyridine rings is 1. The zero-order chi connectivity index (χ0) is 10.8. The van der Waals surface area contributed by atoms with Crippen LogP contribution in [0, 0.1) is 6.92 Å². The lowest BCUT2D eigenvalue weighted by Crippen LogP contribution is -2.19. The first-order chi connectivity index (χ1) is 6.44. The van der Waals surface area contributed by atoms with Gasteiger partial charge < -0.3 is 9.84 Å². The van der Waals surface area contributed by atoms with E-state index in [1.54, 1.807) is 6.92 Å².